The Morgan fingerprint density at radius 1 is 1.28 bits per heavy atom. The number of nitrogens with zero attached hydrogens (tertiary/aromatic N) is 4. The largest absolute Gasteiger partial charge is 0.373 e. The number of hydrogen-bond donors (Lipinski definition) is 0. The number of aromatic nitrogens is 1. The minimum Gasteiger partial charge on any atom is -0.373 e. The lowest BCUT2D eigenvalue weighted by Crippen LogP contribution is -2.50. The Hall–Kier alpha value is -1.66. The van der Waals surface area contributed by atoms with Crippen LogP contribution in [0.1, 0.15) is 37.0 Å². The summed E-state index contributed by atoms with van der Waals surface area (Å²) < 4.78 is 5.82. The molecular weight excluding hydrogens is 316 g/mol. The van der Waals surface area contributed by atoms with Crippen LogP contribution in [0.15, 0.2) is 18.3 Å². The number of anilines is 1. The summed E-state index contributed by atoms with van der Waals surface area (Å²) in [5.74, 6) is 0.973. The van der Waals surface area contributed by atoms with Crippen molar-refractivity contribution in [1.82, 2.24) is 14.8 Å². The zero-order valence-corrected chi connectivity index (χ0v) is 15.8. The Morgan fingerprint density at radius 3 is 2.60 bits per heavy atom. The summed E-state index contributed by atoms with van der Waals surface area (Å²) in [7, 11) is 3.90. The second-order valence-corrected chi connectivity index (χ2v) is 7.57. The first-order valence-electron chi connectivity index (χ1n) is 9.26. The van der Waals surface area contributed by atoms with Crippen molar-refractivity contribution in [3.8, 4) is 0 Å². The highest BCUT2D eigenvalue weighted by molar-refractivity contribution is 5.94. The maximum Gasteiger partial charge on any atom is 0.255 e. The molecule has 0 radical (unpaired) electrons. The number of likely N-dealkylation sites (tertiary alicyclic amines) is 1. The Balaban J connectivity index is 1.65. The van der Waals surface area contributed by atoms with Gasteiger partial charge in [-0.2, -0.15) is 0 Å². The van der Waals surface area contributed by atoms with Gasteiger partial charge in [0, 0.05) is 52.5 Å². The quantitative estimate of drug-likeness (QED) is 0.833. The zero-order valence-electron chi connectivity index (χ0n) is 15.8. The monoisotopic (exact) mass is 346 g/mol. The van der Waals surface area contributed by atoms with E-state index < -0.39 is 0 Å². The first-order chi connectivity index (χ1) is 11.9. The van der Waals surface area contributed by atoms with Crippen LogP contribution in [0.2, 0.25) is 0 Å². The van der Waals surface area contributed by atoms with Crippen molar-refractivity contribution in [2.45, 2.75) is 44.9 Å². The van der Waals surface area contributed by atoms with Gasteiger partial charge < -0.3 is 14.5 Å². The van der Waals surface area contributed by atoms with Crippen molar-refractivity contribution in [2.75, 3.05) is 45.2 Å². The molecule has 1 amide bonds. The lowest BCUT2D eigenvalue weighted by atomic mass is 10.1. The van der Waals surface area contributed by atoms with Gasteiger partial charge in [0.15, 0.2) is 0 Å². The number of rotatable bonds is 4. The van der Waals surface area contributed by atoms with Crippen LogP contribution in [0.3, 0.4) is 0 Å². The third kappa shape index (κ3) is 4.30. The lowest BCUT2D eigenvalue weighted by Gasteiger charge is -2.38. The van der Waals surface area contributed by atoms with Crippen molar-refractivity contribution in [2.24, 2.45) is 0 Å². The van der Waals surface area contributed by atoms with Crippen molar-refractivity contribution >= 4 is 11.7 Å². The summed E-state index contributed by atoms with van der Waals surface area (Å²) in [4.78, 5) is 23.7. The highest BCUT2D eigenvalue weighted by Crippen LogP contribution is 2.23. The summed E-state index contributed by atoms with van der Waals surface area (Å²) in [5.41, 5.74) is 0.682. The summed E-state index contributed by atoms with van der Waals surface area (Å²) in [5, 5.41) is 0. The SMILES string of the molecule is CC1CN(CC2CCCN2C(=O)c2ccc(N(C)C)nc2)CC(C)O1. The molecule has 0 bridgehead atoms. The fraction of sp³-hybridized carbons (Fsp3) is 0.684. The van der Waals surface area contributed by atoms with E-state index in [-0.39, 0.29) is 18.1 Å². The molecule has 3 heterocycles. The average Bonchev–Trinajstić information content (AvgIpc) is 3.01. The van der Waals surface area contributed by atoms with E-state index in [9.17, 15) is 4.79 Å². The Morgan fingerprint density at radius 2 is 2.00 bits per heavy atom. The Kier molecular flexibility index (Phi) is 5.59. The van der Waals surface area contributed by atoms with Gasteiger partial charge in [-0.3, -0.25) is 9.69 Å². The van der Waals surface area contributed by atoms with Gasteiger partial charge in [-0.25, -0.2) is 4.98 Å². The smallest absolute Gasteiger partial charge is 0.255 e. The van der Waals surface area contributed by atoms with Crippen molar-refractivity contribution < 1.29 is 9.53 Å². The number of amides is 1. The third-order valence-electron chi connectivity index (χ3n) is 5.06. The molecule has 1 aromatic heterocycles. The minimum absolute atomic E-state index is 0.106. The van der Waals surface area contributed by atoms with Crippen molar-refractivity contribution in [3.63, 3.8) is 0 Å². The van der Waals surface area contributed by atoms with Crippen LogP contribution in [-0.4, -0.2) is 79.2 Å². The Labute approximate surface area is 150 Å². The van der Waals surface area contributed by atoms with Gasteiger partial charge in [-0.15, -0.1) is 0 Å². The van der Waals surface area contributed by atoms with Gasteiger partial charge in [-0.05, 0) is 38.8 Å². The van der Waals surface area contributed by atoms with Gasteiger partial charge in [-0.1, -0.05) is 0 Å². The normalized spacial score (nSPS) is 27.5. The molecule has 0 saturated carbocycles. The van der Waals surface area contributed by atoms with Gasteiger partial charge in [0.1, 0.15) is 5.82 Å². The van der Waals surface area contributed by atoms with E-state index in [4.69, 9.17) is 4.74 Å². The second-order valence-electron chi connectivity index (χ2n) is 7.57. The van der Waals surface area contributed by atoms with E-state index >= 15 is 0 Å². The molecule has 0 aromatic carbocycles. The topological polar surface area (TPSA) is 48.9 Å². The van der Waals surface area contributed by atoms with E-state index in [1.165, 1.54) is 0 Å². The molecule has 2 saturated heterocycles. The van der Waals surface area contributed by atoms with Crippen LogP contribution < -0.4 is 4.90 Å². The molecule has 0 N–H and O–H groups in total. The zero-order chi connectivity index (χ0) is 18.0. The highest BCUT2D eigenvalue weighted by Gasteiger charge is 2.33. The standard InChI is InChI=1S/C19H30N4O2/c1-14-11-22(12-15(2)25-14)13-17-6-5-9-23(17)19(24)16-7-8-18(20-10-16)21(3)4/h7-8,10,14-15,17H,5-6,9,11-13H2,1-4H3. The van der Waals surface area contributed by atoms with E-state index in [0.717, 1.165) is 44.8 Å². The van der Waals surface area contributed by atoms with E-state index in [1.54, 1.807) is 6.20 Å². The molecule has 3 unspecified atom stereocenters. The van der Waals surface area contributed by atoms with Crippen LogP contribution in [0.5, 0.6) is 0 Å². The Bertz CT molecular complexity index is 580. The molecule has 0 aliphatic carbocycles. The van der Waals surface area contributed by atoms with E-state index in [1.807, 2.05) is 36.0 Å². The number of hydrogen-bond acceptors (Lipinski definition) is 5. The molecule has 6 heteroatoms. The predicted octanol–water partition coefficient (Wildman–Crippen LogP) is 1.86. The van der Waals surface area contributed by atoms with Crippen LogP contribution >= 0.6 is 0 Å². The number of carbonyl (C=O) groups is 1. The fourth-order valence-electron chi connectivity index (χ4n) is 3.97. The summed E-state index contributed by atoms with van der Waals surface area (Å²) in [6, 6.07) is 4.08. The predicted molar refractivity (Wildman–Crippen MR) is 99.1 cm³/mol. The molecule has 6 nitrogen and oxygen atoms in total. The van der Waals surface area contributed by atoms with E-state index in [2.05, 4.69) is 23.7 Å². The van der Waals surface area contributed by atoms with Crippen LogP contribution in [-0.2, 0) is 4.74 Å². The van der Waals surface area contributed by atoms with Gasteiger partial charge in [0.25, 0.3) is 5.91 Å². The maximum absolute atomic E-state index is 12.9. The molecule has 2 aliphatic heterocycles. The van der Waals surface area contributed by atoms with Gasteiger partial charge in [0.05, 0.1) is 17.8 Å². The third-order valence-corrected chi connectivity index (χ3v) is 5.06. The van der Waals surface area contributed by atoms with Gasteiger partial charge >= 0.3 is 0 Å². The summed E-state index contributed by atoms with van der Waals surface area (Å²) in [6.07, 6.45) is 4.38. The molecule has 0 spiro atoms. The molecule has 3 atom stereocenters. The number of carbonyl (C=O) groups excluding carboxylic acids is 1. The molecule has 3 rings (SSSR count). The number of pyridine rings is 1. The highest BCUT2D eigenvalue weighted by atomic mass is 16.5. The average molecular weight is 346 g/mol. The van der Waals surface area contributed by atoms with Crippen LogP contribution in [0.4, 0.5) is 5.82 Å². The molecule has 2 fully saturated rings. The minimum atomic E-state index is 0.106. The number of morpholine rings is 1. The molecule has 25 heavy (non-hydrogen) atoms. The first kappa shape index (κ1) is 18.1. The van der Waals surface area contributed by atoms with Crippen LogP contribution in [0, 0.1) is 0 Å². The molecular formula is C19H30N4O2. The molecule has 1 aromatic rings. The van der Waals surface area contributed by atoms with Crippen molar-refractivity contribution in [3.05, 3.63) is 23.9 Å². The number of ether oxygens (including phenoxy) is 1. The van der Waals surface area contributed by atoms with Crippen LogP contribution in [0.25, 0.3) is 0 Å². The summed E-state index contributed by atoms with van der Waals surface area (Å²) in [6.45, 7) is 7.92. The van der Waals surface area contributed by atoms with E-state index in [0.29, 0.717) is 11.6 Å². The van der Waals surface area contributed by atoms with Crippen molar-refractivity contribution in [1.29, 1.82) is 0 Å². The lowest BCUT2D eigenvalue weighted by molar-refractivity contribution is -0.0715. The summed E-state index contributed by atoms with van der Waals surface area (Å²) >= 11 is 0. The van der Waals surface area contributed by atoms with Gasteiger partial charge in [0.2, 0.25) is 0 Å². The first-order valence-corrected chi connectivity index (χ1v) is 9.26. The molecule has 2 aliphatic rings. The second kappa shape index (κ2) is 7.70. The molecule has 138 valence electrons. The maximum atomic E-state index is 12.9. The fourth-order valence-corrected chi connectivity index (χ4v) is 3.97.